The van der Waals surface area contributed by atoms with Gasteiger partial charge in [-0.1, -0.05) is 25.3 Å². The average Bonchev–Trinajstić information content (AvgIpc) is 2.93. The van der Waals surface area contributed by atoms with Crippen LogP contribution in [0.5, 0.6) is 0 Å². The van der Waals surface area contributed by atoms with Crippen LogP contribution in [0.25, 0.3) is 0 Å². The highest BCUT2D eigenvalue weighted by Crippen LogP contribution is 2.33. The third kappa shape index (κ3) is 3.55. The molecule has 1 N–H and O–H groups in total. The molecule has 0 bridgehead atoms. The summed E-state index contributed by atoms with van der Waals surface area (Å²) >= 11 is 0. The lowest BCUT2D eigenvalue weighted by atomic mass is 9.92. The second kappa shape index (κ2) is 7.23. The fraction of sp³-hybridized carbons (Fsp3) is 0.706. The standard InChI is InChI=1S/C17H28N4/c1-2-10-20-11-13-21(14-12-20)16-7-5-3-4-6-15(16)17-18-8-9-19-17/h2,8-9,15-16H,1,3-7,10-14H2,(H,18,19). The van der Waals surface area contributed by atoms with E-state index in [2.05, 4.69) is 26.3 Å². The molecule has 1 aliphatic carbocycles. The fourth-order valence-electron chi connectivity index (χ4n) is 3.98. The van der Waals surface area contributed by atoms with Gasteiger partial charge < -0.3 is 4.98 Å². The summed E-state index contributed by atoms with van der Waals surface area (Å²) in [5, 5.41) is 0. The van der Waals surface area contributed by atoms with Gasteiger partial charge in [-0.3, -0.25) is 9.80 Å². The molecule has 2 atom stereocenters. The van der Waals surface area contributed by atoms with Crippen molar-refractivity contribution in [2.75, 3.05) is 32.7 Å². The number of hydrogen-bond donors (Lipinski definition) is 1. The van der Waals surface area contributed by atoms with Crippen LogP contribution >= 0.6 is 0 Å². The minimum atomic E-state index is 0.591. The van der Waals surface area contributed by atoms with E-state index in [0.717, 1.165) is 6.54 Å². The first-order chi connectivity index (χ1) is 10.4. The molecule has 0 spiro atoms. The van der Waals surface area contributed by atoms with E-state index in [0.29, 0.717) is 12.0 Å². The molecule has 21 heavy (non-hydrogen) atoms. The van der Waals surface area contributed by atoms with E-state index < -0.39 is 0 Å². The van der Waals surface area contributed by atoms with Crippen LogP contribution in [-0.4, -0.2) is 58.5 Å². The Morgan fingerprint density at radius 2 is 2.00 bits per heavy atom. The fourth-order valence-corrected chi connectivity index (χ4v) is 3.98. The quantitative estimate of drug-likeness (QED) is 0.683. The zero-order valence-corrected chi connectivity index (χ0v) is 13.0. The number of imidazole rings is 1. The average molecular weight is 288 g/mol. The molecule has 2 fully saturated rings. The maximum absolute atomic E-state index is 4.57. The Kier molecular flexibility index (Phi) is 5.09. The number of piperazine rings is 1. The second-order valence-corrected chi connectivity index (χ2v) is 6.41. The lowest BCUT2D eigenvalue weighted by Crippen LogP contribution is -2.51. The SMILES string of the molecule is C=CCN1CCN(C2CCCCCC2c2ncc[nH]2)CC1. The Morgan fingerprint density at radius 3 is 2.71 bits per heavy atom. The summed E-state index contributed by atoms with van der Waals surface area (Å²) in [6, 6.07) is 0.671. The van der Waals surface area contributed by atoms with Crippen LogP contribution in [0, 0.1) is 0 Å². The molecule has 4 nitrogen and oxygen atoms in total. The Labute approximate surface area is 128 Å². The van der Waals surface area contributed by atoms with Gasteiger partial charge in [-0.15, -0.1) is 6.58 Å². The normalized spacial score (nSPS) is 29.1. The predicted octanol–water partition coefficient (Wildman–Crippen LogP) is 2.63. The van der Waals surface area contributed by atoms with Crippen molar-refractivity contribution in [3.8, 4) is 0 Å². The second-order valence-electron chi connectivity index (χ2n) is 6.41. The van der Waals surface area contributed by atoms with Gasteiger partial charge in [0, 0.05) is 57.1 Å². The smallest absolute Gasteiger partial charge is 0.110 e. The molecule has 0 radical (unpaired) electrons. The minimum Gasteiger partial charge on any atom is -0.348 e. The zero-order chi connectivity index (χ0) is 14.5. The Bertz CT molecular complexity index is 420. The lowest BCUT2D eigenvalue weighted by molar-refractivity contribution is 0.0849. The maximum Gasteiger partial charge on any atom is 0.110 e. The molecule has 116 valence electrons. The van der Waals surface area contributed by atoms with Crippen molar-refractivity contribution in [3.63, 3.8) is 0 Å². The first-order valence-corrected chi connectivity index (χ1v) is 8.45. The van der Waals surface area contributed by atoms with Gasteiger partial charge in [0.25, 0.3) is 0 Å². The molecular formula is C17H28N4. The van der Waals surface area contributed by atoms with Gasteiger partial charge in [0.05, 0.1) is 0 Å². The highest BCUT2D eigenvalue weighted by molar-refractivity contribution is 5.04. The van der Waals surface area contributed by atoms with E-state index in [1.54, 1.807) is 0 Å². The molecule has 3 rings (SSSR count). The summed E-state index contributed by atoms with van der Waals surface area (Å²) in [5.74, 6) is 1.80. The number of hydrogen-bond acceptors (Lipinski definition) is 3. The van der Waals surface area contributed by atoms with E-state index >= 15 is 0 Å². The first-order valence-electron chi connectivity index (χ1n) is 8.45. The summed E-state index contributed by atoms with van der Waals surface area (Å²) in [6.07, 6.45) is 12.6. The number of rotatable bonds is 4. The topological polar surface area (TPSA) is 35.2 Å². The van der Waals surface area contributed by atoms with Crippen LogP contribution in [0.3, 0.4) is 0 Å². The van der Waals surface area contributed by atoms with E-state index in [1.807, 2.05) is 18.5 Å². The first kappa shape index (κ1) is 14.8. The van der Waals surface area contributed by atoms with Crippen LogP contribution in [0.4, 0.5) is 0 Å². The lowest BCUT2D eigenvalue weighted by Gasteiger charge is -2.41. The van der Waals surface area contributed by atoms with Crippen molar-refractivity contribution in [2.45, 2.75) is 44.1 Å². The maximum atomic E-state index is 4.57. The van der Waals surface area contributed by atoms with E-state index in [1.165, 1.54) is 64.1 Å². The molecule has 1 saturated heterocycles. The molecule has 2 unspecified atom stereocenters. The molecule has 0 aromatic carbocycles. The van der Waals surface area contributed by atoms with Gasteiger partial charge in [-0.2, -0.15) is 0 Å². The largest absolute Gasteiger partial charge is 0.348 e. The molecule has 1 aliphatic heterocycles. The summed E-state index contributed by atoms with van der Waals surface area (Å²) in [7, 11) is 0. The molecular weight excluding hydrogens is 260 g/mol. The number of H-pyrrole nitrogens is 1. The van der Waals surface area contributed by atoms with Gasteiger partial charge in [0.1, 0.15) is 5.82 Å². The van der Waals surface area contributed by atoms with Gasteiger partial charge in [0.2, 0.25) is 0 Å². The molecule has 0 amide bonds. The summed E-state index contributed by atoms with van der Waals surface area (Å²) in [4.78, 5) is 13.2. The van der Waals surface area contributed by atoms with E-state index in [9.17, 15) is 0 Å². The molecule has 2 heterocycles. The zero-order valence-electron chi connectivity index (χ0n) is 13.0. The van der Waals surface area contributed by atoms with Gasteiger partial charge >= 0.3 is 0 Å². The van der Waals surface area contributed by atoms with Crippen molar-refractivity contribution in [1.82, 2.24) is 19.8 Å². The number of aromatic amines is 1. The summed E-state index contributed by atoms with van der Waals surface area (Å²) in [5.41, 5.74) is 0. The highest BCUT2D eigenvalue weighted by atomic mass is 15.3. The van der Waals surface area contributed by atoms with E-state index in [4.69, 9.17) is 0 Å². The van der Waals surface area contributed by atoms with Crippen LogP contribution in [0.2, 0.25) is 0 Å². The number of nitrogens with one attached hydrogen (secondary N) is 1. The Balaban J connectivity index is 1.67. The minimum absolute atomic E-state index is 0.591. The van der Waals surface area contributed by atoms with Crippen LogP contribution in [0.1, 0.15) is 43.8 Å². The monoisotopic (exact) mass is 288 g/mol. The molecule has 1 aromatic heterocycles. The highest BCUT2D eigenvalue weighted by Gasteiger charge is 2.32. The molecule has 4 heteroatoms. The Morgan fingerprint density at radius 1 is 1.19 bits per heavy atom. The molecule has 2 aliphatic rings. The van der Waals surface area contributed by atoms with Crippen LogP contribution in [0.15, 0.2) is 25.0 Å². The van der Waals surface area contributed by atoms with Crippen molar-refractivity contribution in [1.29, 1.82) is 0 Å². The van der Waals surface area contributed by atoms with E-state index in [-0.39, 0.29) is 0 Å². The van der Waals surface area contributed by atoms with Crippen molar-refractivity contribution >= 4 is 0 Å². The third-order valence-corrected chi connectivity index (χ3v) is 5.11. The summed E-state index contributed by atoms with van der Waals surface area (Å²) in [6.45, 7) is 9.61. The van der Waals surface area contributed by atoms with Crippen LogP contribution < -0.4 is 0 Å². The van der Waals surface area contributed by atoms with Gasteiger partial charge in [-0.25, -0.2) is 4.98 Å². The third-order valence-electron chi connectivity index (χ3n) is 5.11. The molecule has 1 aromatic rings. The van der Waals surface area contributed by atoms with Crippen molar-refractivity contribution in [2.24, 2.45) is 0 Å². The van der Waals surface area contributed by atoms with Gasteiger partial charge in [0.15, 0.2) is 0 Å². The number of aromatic nitrogens is 2. The summed E-state index contributed by atoms with van der Waals surface area (Å²) < 4.78 is 0. The van der Waals surface area contributed by atoms with Crippen LogP contribution in [-0.2, 0) is 0 Å². The van der Waals surface area contributed by atoms with Crippen molar-refractivity contribution in [3.05, 3.63) is 30.9 Å². The van der Waals surface area contributed by atoms with Gasteiger partial charge in [-0.05, 0) is 12.8 Å². The molecule has 1 saturated carbocycles. The van der Waals surface area contributed by atoms with Crippen molar-refractivity contribution < 1.29 is 0 Å². The predicted molar refractivity (Wildman–Crippen MR) is 86.4 cm³/mol. The Hall–Kier alpha value is -1.13. The number of nitrogens with zero attached hydrogens (tertiary/aromatic N) is 3.